The van der Waals surface area contributed by atoms with Gasteiger partial charge in [0.2, 0.25) is 0 Å². The van der Waals surface area contributed by atoms with E-state index in [2.05, 4.69) is 10.4 Å². The lowest BCUT2D eigenvalue weighted by Gasteiger charge is -2.06. The van der Waals surface area contributed by atoms with Crippen LogP contribution in [0.3, 0.4) is 0 Å². The molecule has 1 heterocycles. The Labute approximate surface area is 161 Å². The molecule has 138 valence electrons. The summed E-state index contributed by atoms with van der Waals surface area (Å²) in [6, 6.07) is 15.9. The van der Waals surface area contributed by atoms with Gasteiger partial charge in [0, 0.05) is 23.7 Å². The predicted molar refractivity (Wildman–Crippen MR) is 104 cm³/mol. The van der Waals surface area contributed by atoms with Crippen LogP contribution in [0.1, 0.15) is 15.9 Å². The van der Waals surface area contributed by atoms with Gasteiger partial charge in [0.15, 0.2) is 6.61 Å². The first-order chi connectivity index (χ1) is 12.9. The number of hydrogen-bond acceptors (Lipinski definition) is 4. The average Bonchev–Trinajstić information content (AvgIpc) is 3.01. The van der Waals surface area contributed by atoms with Gasteiger partial charge in [0.05, 0.1) is 11.3 Å². The summed E-state index contributed by atoms with van der Waals surface area (Å²) in [7, 11) is 1.72. The number of carbonyl (C=O) groups is 2. The van der Waals surface area contributed by atoms with Gasteiger partial charge in [0.1, 0.15) is 5.82 Å². The Morgan fingerprint density at radius 1 is 1.11 bits per heavy atom. The van der Waals surface area contributed by atoms with E-state index in [1.807, 2.05) is 31.2 Å². The van der Waals surface area contributed by atoms with Crippen molar-refractivity contribution < 1.29 is 14.3 Å². The number of anilines is 1. The lowest BCUT2D eigenvalue weighted by atomic mass is 10.1. The first-order valence-electron chi connectivity index (χ1n) is 8.26. The summed E-state index contributed by atoms with van der Waals surface area (Å²) in [6.07, 6.45) is 0. The Bertz CT molecular complexity index is 963. The van der Waals surface area contributed by atoms with E-state index >= 15 is 0 Å². The van der Waals surface area contributed by atoms with Crippen molar-refractivity contribution in [3.63, 3.8) is 0 Å². The normalized spacial score (nSPS) is 10.5. The number of aryl methyl sites for hydroxylation is 2. The highest BCUT2D eigenvalue weighted by Gasteiger charge is 2.13. The average molecular weight is 384 g/mol. The summed E-state index contributed by atoms with van der Waals surface area (Å²) in [6.45, 7) is 1.54. The largest absolute Gasteiger partial charge is 0.452 e. The summed E-state index contributed by atoms with van der Waals surface area (Å²) < 4.78 is 6.60. The number of ether oxygens (including phenoxy) is 1. The maximum atomic E-state index is 12.1. The molecule has 0 atom stereocenters. The Morgan fingerprint density at radius 3 is 2.44 bits per heavy atom. The number of halogens is 1. The summed E-state index contributed by atoms with van der Waals surface area (Å²) >= 11 is 5.89. The smallest absolute Gasteiger partial charge is 0.338 e. The minimum absolute atomic E-state index is 0.381. The molecule has 3 rings (SSSR count). The van der Waals surface area contributed by atoms with E-state index in [9.17, 15) is 9.59 Å². The van der Waals surface area contributed by atoms with Gasteiger partial charge in [-0.15, -0.1) is 0 Å². The molecule has 1 aromatic heterocycles. The van der Waals surface area contributed by atoms with Crippen LogP contribution in [0.25, 0.3) is 11.3 Å². The third-order valence-corrected chi connectivity index (χ3v) is 4.16. The number of hydrogen-bond donors (Lipinski definition) is 1. The Balaban J connectivity index is 1.60. The third kappa shape index (κ3) is 4.74. The van der Waals surface area contributed by atoms with Crippen LogP contribution >= 0.6 is 11.6 Å². The molecule has 0 spiro atoms. The fourth-order valence-electron chi connectivity index (χ4n) is 2.43. The Morgan fingerprint density at radius 2 is 1.78 bits per heavy atom. The van der Waals surface area contributed by atoms with Crippen molar-refractivity contribution >= 4 is 29.3 Å². The van der Waals surface area contributed by atoms with Crippen molar-refractivity contribution in [3.05, 3.63) is 70.7 Å². The number of benzene rings is 2. The molecule has 2 aromatic carbocycles. The molecule has 0 saturated heterocycles. The van der Waals surface area contributed by atoms with Crippen LogP contribution in [0.2, 0.25) is 5.02 Å². The standard InChI is InChI=1S/C20H18ClN3O3/c1-13-3-5-15(6-4-13)20(26)27-12-19(25)22-18-11-17(23-24(18)2)14-7-9-16(21)10-8-14/h3-11H,12H2,1-2H3,(H,22,25). The zero-order valence-corrected chi connectivity index (χ0v) is 15.7. The summed E-state index contributed by atoms with van der Waals surface area (Å²) in [5, 5.41) is 7.69. The van der Waals surface area contributed by atoms with Crippen LogP contribution in [-0.4, -0.2) is 28.3 Å². The van der Waals surface area contributed by atoms with E-state index in [-0.39, 0.29) is 6.61 Å². The summed E-state index contributed by atoms with van der Waals surface area (Å²) in [5.41, 5.74) is 3.01. The Hall–Kier alpha value is -3.12. The van der Waals surface area contributed by atoms with Crippen LogP contribution in [0, 0.1) is 6.92 Å². The molecule has 1 N–H and O–H groups in total. The molecule has 7 heteroatoms. The van der Waals surface area contributed by atoms with Gasteiger partial charge < -0.3 is 10.1 Å². The van der Waals surface area contributed by atoms with Crippen molar-refractivity contribution in [3.8, 4) is 11.3 Å². The van der Waals surface area contributed by atoms with Crippen molar-refractivity contribution in [1.29, 1.82) is 0 Å². The van der Waals surface area contributed by atoms with Gasteiger partial charge in [-0.3, -0.25) is 9.48 Å². The molecular formula is C20H18ClN3O3. The molecule has 0 bridgehead atoms. The lowest BCUT2D eigenvalue weighted by molar-refractivity contribution is -0.119. The number of rotatable bonds is 5. The van der Waals surface area contributed by atoms with Crippen molar-refractivity contribution in [2.45, 2.75) is 6.92 Å². The molecule has 0 unspecified atom stereocenters. The maximum absolute atomic E-state index is 12.1. The molecule has 0 radical (unpaired) electrons. The minimum Gasteiger partial charge on any atom is -0.452 e. The minimum atomic E-state index is -0.544. The van der Waals surface area contributed by atoms with E-state index in [0.717, 1.165) is 11.1 Å². The van der Waals surface area contributed by atoms with Crippen LogP contribution in [0.5, 0.6) is 0 Å². The first kappa shape index (κ1) is 18.7. The van der Waals surface area contributed by atoms with E-state index < -0.39 is 11.9 Å². The number of carbonyl (C=O) groups excluding carboxylic acids is 2. The zero-order chi connectivity index (χ0) is 19.4. The molecule has 0 aliphatic carbocycles. The number of aromatic nitrogens is 2. The van der Waals surface area contributed by atoms with Crippen molar-refractivity contribution in [2.24, 2.45) is 7.05 Å². The lowest BCUT2D eigenvalue weighted by Crippen LogP contribution is -2.22. The van der Waals surface area contributed by atoms with Gasteiger partial charge in [0.25, 0.3) is 5.91 Å². The van der Waals surface area contributed by atoms with Gasteiger partial charge in [-0.25, -0.2) is 4.79 Å². The SMILES string of the molecule is Cc1ccc(C(=O)OCC(=O)Nc2cc(-c3ccc(Cl)cc3)nn2C)cc1. The number of nitrogens with zero attached hydrogens (tertiary/aromatic N) is 2. The van der Waals surface area contributed by atoms with E-state index in [0.29, 0.717) is 22.1 Å². The fourth-order valence-corrected chi connectivity index (χ4v) is 2.55. The molecule has 0 aliphatic heterocycles. The molecule has 0 aliphatic rings. The predicted octanol–water partition coefficient (Wildman–Crippen LogP) is 3.84. The molecular weight excluding hydrogens is 366 g/mol. The monoisotopic (exact) mass is 383 g/mol. The zero-order valence-electron chi connectivity index (χ0n) is 14.9. The van der Waals surface area contributed by atoms with E-state index in [4.69, 9.17) is 16.3 Å². The van der Waals surface area contributed by atoms with Gasteiger partial charge in [-0.2, -0.15) is 5.10 Å². The van der Waals surface area contributed by atoms with Crippen LogP contribution in [0.4, 0.5) is 5.82 Å². The van der Waals surface area contributed by atoms with E-state index in [1.54, 1.807) is 42.1 Å². The van der Waals surface area contributed by atoms with Crippen LogP contribution in [0.15, 0.2) is 54.6 Å². The molecule has 0 fully saturated rings. The molecule has 27 heavy (non-hydrogen) atoms. The molecule has 1 amide bonds. The highest BCUT2D eigenvalue weighted by molar-refractivity contribution is 6.30. The number of nitrogens with one attached hydrogen (secondary N) is 1. The fraction of sp³-hybridized carbons (Fsp3) is 0.150. The number of esters is 1. The quantitative estimate of drug-likeness (QED) is 0.679. The third-order valence-electron chi connectivity index (χ3n) is 3.91. The van der Waals surface area contributed by atoms with Gasteiger partial charge in [-0.1, -0.05) is 41.4 Å². The van der Waals surface area contributed by atoms with Crippen molar-refractivity contribution in [1.82, 2.24) is 9.78 Å². The topological polar surface area (TPSA) is 73.2 Å². The Kier molecular flexibility index (Phi) is 5.57. The first-order valence-corrected chi connectivity index (χ1v) is 8.64. The second-order valence-corrected chi connectivity index (χ2v) is 6.47. The van der Waals surface area contributed by atoms with Gasteiger partial charge in [-0.05, 0) is 31.2 Å². The summed E-state index contributed by atoms with van der Waals surface area (Å²) in [4.78, 5) is 24.1. The molecule has 6 nitrogen and oxygen atoms in total. The van der Waals surface area contributed by atoms with Crippen molar-refractivity contribution in [2.75, 3.05) is 11.9 Å². The summed E-state index contributed by atoms with van der Waals surface area (Å²) in [5.74, 6) is -0.491. The molecule has 3 aromatic rings. The van der Waals surface area contributed by atoms with E-state index in [1.165, 1.54) is 0 Å². The highest BCUT2D eigenvalue weighted by Crippen LogP contribution is 2.23. The molecule has 0 saturated carbocycles. The highest BCUT2D eigenvalue weighted by atomic mass is 35.5. The maximum Gasteiger partial charge on any atom is 0.338 e. The van der Waals surface area contributed by atoms with Gasteiger partial charge >= 0.3 is 5.97 Å². The number of amides is 1. The van der Waals surface area contributed by atoms with Crippen LogP contribution < -0.4 is 5.32 Å². The second-order valence-electron chi connectivity index (χ2n) is 6.04. The van der Waals surface area contributed by atoms with Crippen LogP contribution in [-0.2, 0) is 16.6 Å². The second kappa shape index (κ2) is 8.05.